The van der Waals surface area contributed by atoms with Gasteiger partial charge in [-0.05, 0) is 23.8 Å². The highest BCUT2D eigenvalue weighted by atomic mass is 32.1. The van der Waals surface area contributed by atoms with Gasteiger partial charge >= 0.3 is 0 Å². The molecule has 1 aromatic heterocycles. The summed E-state index contributed by atoms with van der Waals surface area (Å²) in [7, 11) is 0. The molecule has 1 N–H and O–H groups in total. The first kappa shape index (κ1) is 17.1. The van der Waals surface area contributed by atoms with Crippen LogP contribution in [-0.2, 0) is 9.59 Å². The van der Waals surface area contributed by atoms with E-state index in [1.165, 1.54) is 11.3 Å². The molecule has 6 nitrogen and oxygen atoms in total. The molecule has 134 valence electrons. The topological polar surface area (TPSA) is 79.4 Å². The van der Waals surface area contributed by atoms with Crippen LogP contribution < -0.4 is 10.2 Å². The van der Waals surface area contributed by atoms with Crippen molar-refractivity contribution in [3.8, 4) is 10.4 Å². The highest BCUT2D eigenvalue weighted by Crippen LogP contribution is 2.29. The van der Waals surface area contributed by atoms with Gasteiger partial charge in [0.25, 0.3) is 5.91 Å². The molecule has 3 aromatic rings. The van der Waals surface area contributed by atoms with Crippen molar-refractivity contribution in [2.45, 2.75) is 12.8 Å². The Bertz CT molecular complexity index is 1010. The van der Waals surface area contributed by atoms with Crippen LogP contribution in [0.2, 0.25) is 0 Å². The first-order chi connectivity index (χ1) is 13.1. The van der Waals surface area contributed by atoms with E-state index < -0.39 is 0 Å². The lowest BCUT2D eigenvalue weighted by Gasteiger charge is -2.14. The zero-order chi connectivity index (χ0) is 18.8. The molecule has 27 heavy (non-hydrogen) atoms. The fourth-order valence-electron chi connectivity index (χ4n) is 2.89. The van der Waals surface area contributed by atoms with Crippen LogP contribution in [-0.4, -0.2) is 22.7 Å². The Morgan fingerprint density at radius 1 is 1.00 bits per heavy atom. The van der Waals surface area contributed by atoms with Crippen LogP contribution in [0.1, 0.15) is 23.2 Å². The number of nitrogens with one attached hydrogen (secondary N) is 1. The monoisotopic (exact) mass is 377 g/mol. The Balaban J connectivity index is 1.52. The van der Waals surface area contributed by atoms with Crippen molar-refractivity contribution >= 4 is 39.9 Å². The largest absolute Gasteiger partial charge is 0.298 e. The highest BCUT2D eigenvalue weighted by Gasteiger charge is 2.30. The van der Waals surface area contributed by atoms with E-state index in [0.29, 0.717) is 16.4 Å². The number of carbonyl (C=O) groups excluding carboxylic acids is 3. The van der Waals surface area contributed by atoms with E-state index in [9.17, 15) is 14.4 Å². The average molecular weight is 377 g/mol. The molecule has 1 aliphatic heterocycles. The number of nitrogens with zero attached hydrogens (tertiary/aromatic N) is 2. The fraction of sp³-hybridized carbons (Fsp3) is 0.100. The van der Waals surface area contributed by atoms with E-state index in [1.54, 1.807) is 30.5 Å². The molecule has 3 amide bonds. The molecule has 0 saturated carbocycles. The molecular weight excluding hydrogens is 362 g/mol. The van der Waals surface area contributed by atoms with Gasteiger partial charge in [0.1, 0.15) is 0 Å². The van der Waals surface area contributed by atoms with Crippen molar-refractivity contribution in [3.05, 3.63) is 66.4 Å². The minimum absolute atomic E-state index is 0.205. The number of rotatable bonds is 4. The van der Waals surface area contributed by atoms with Crippen LogP contribution in [0.4, 0.5) is 10.8 Å². The minimum atomic E-state index is -0.343. The third kappa shape index (κ3) is 3.50. The van der Waals surface area contributed by atoms with Crippen LogP contribution in [0, 0.1) is 0 Å². The van der Waals surface area contributed by atoms with Gasteiger partial charge in [-0.1, -0.05) is 47.7 Å². The average Bonchev–Trinajstić information content (AvgIpc) is 3.29. The molecule has 0 spiro atoms. The molecule has 0 radical (unpaired) electrons. The van der Waals surface area contributed by atoms with Gasteiger partial charge in [-0.25, -0.2) is 4.98 Å². The van der Waals surface area contributed by atoms with Crippen LogP contribution in [0.15, 0.2) is 60.8 Å². The Morgan fingerprint density at radius 3 is 2.48 bits per heavy atom. The molecule has 1 saturated heterocycles. The number of anilines is 2. The molecule has 0 bridgehead atoms. The van der Waals surface area contributed by atoms with Gasteiger partial charge in [0.15, 0.2) is 5.13 Å². The summed E-state index contributed by atoms with van der Waals surface area (Å²) in [5.74, 6) is -0.833. The molecule has 1 fully saturated rings. The molecular formula is C20H15N3O3S. The number of hydrogen-bond donors (Lipinski definition) is 1. The van der Waals surface area contributed by atoms with Crippen LogP contribution in [0.25, 0.3) is 10.4 Å². The maximum absolute atomic E-state index is 12.6. The van der Waals surface area contributed by atoms with Crippen molar-refractivity contribution < 1.29 is 14.4 Å². The maximum atomic E-state index is 12.6. The predicted octanol–water partition coefficient (Wildman–Crippen LogP) is 3.72. The highest BCUT2D eigenvalue weighted by molar-refractivity contribution is 7.19. The van der Waals surface area contributed by atoms with Gasteiger partial charge in [-0.3, -0.25) is 24.6 Å². The maximum Gasteiger partial charge on any atom is 0.257 e. The Morgan fingerprint density at radius 2 is 1.74 bits per heavy atom. The van der Waals surface area contributed by atoms with Crippen molar-refractivity contribution in [1.82, 2.24) is 4.98 Å². The summed E-state index contributed by atoms with van der Waals surface area (Å²) >= 11 is 1.38. The van der Waals surface area contributed by atoms with Crippen LogP contribution in [0.5, 0.6) is 0 Å². The normalized spacial score (nSPS) is 13.9. The smallest absolute Gasteiger partial charge is 0.257 e. The summed E-state index contributed by atoms with van der Waals surface area (Å²) in [6.45, 7) is 0. The zero-order valence-corrected chi connectivity index (χ0v) is 15.0. The molecule has 2 aromatic carbocycles. The van der Waals surface area contributed by atoms with Crippen molar-refractivity contribution in [1.29, 1.82) is 0 Å². The quantitative estimate of drug-likeness (QED) is 0.703. The van der Waals surface area contributed by atoms with Crippen molar-refractivity contribution in [3.63, 3.8) is 0 Å². The third-order valence-corrected chi connectivity index (χ3v) is 5.16. The summed E-state index contributed by atoms with van der Waals surface area (Å²) in [6.07, 6.45) is 2.13. The number of hydrogen-bond acceptors (Lipinski definition) is 5. The van der Waals surface area contributed by atoms with Crippen LogP contribution >= 0.6 is 11.3 Å². The number of thiazole rings is 1. The van der Waals surface area contributed by atoms with Crippen LogP contribution in [0.3, 0.4) is 0 Å². The van der Waals surface area contributed by atoms with E-state index in [2.05, 4.69) is 10.3 Å². The van der Waals surface area contributed by atoms with Crippen molar-refractivity contribution in [2.24, 2.45) is 0 Å². The first-order valence-electron chi connectivity index (χ1n) is 8.40. The van der Waals surface area contributed by atoms with Gasteiger partial charge in [0.05, 0.1) is 10.6 Å². The van der Waals surface area contributed by atoms with E-state index in [0.717, 1.165) is 15.3 Å². The second-order valence-corrected chi connectivity index (χ2v) is 7.05. The molecule has 0 aliphatic carbocycles. The lowest BCUT2D eigenvalue weighted by atomic mass is 10.2. The molecule has 7 heteroatoms. The SMILES string of the molecule is O=C(Nc1ncc(-c2ccccc2)s1)c1cccc(N2C(=O)CCC2=O)c1. The second kappa shape index (κ2) is 7.13. The second-order valence-electron chi connectivity index (χ2n) is 6.02. The van der Waals surface area contributed by atoms with E-state index in [-0.39, 0.29) is 30.6 Å². The predicted molar refractivity (Wildman–Crippen MR) is 104 cm³/mol. The Hall–Kier alpha value is -3.32. The number of carbonyl (C=O) groups is 3. The molecule has 2 heterocycles. The summed E-state index contributed by atoms with van der Waals surface area (Å²) in [4.78, 5) is 42.7. The van der Waals surface area contributed by atoms with Gasteiger partial charge in [0, 0.05) is 24.6 Å². The van der Waals surface area contributed by atoms with E-state index in [4.69, 9.17) is 0 Å². The zero-order valence-electron chi connectivity index (χ0n) is 14.2. The Labute approximate surface area is 159 Å². The van der Waals surface area contributed by atoms with Gasteiger partial charge in [0.2, 0.25) is 11.8 Å². The summed E-state index contributed by atoms with van der Waals surface area (Å²) in [5.41, 5.74) is 1.80. The number of aromatic nitrogens is 1. The molecule has 0 atom stereocenters. The van der Waals surface area contributed by atoms with Crippen molar-refractivity contribution in [2.75, 3.05) is 10.2 Å². The standard InChI is InChI=1S/C20H15N3O3S/c24-17-9-10-18(25)23(17)15-8-4-7-14(11-15)19(26)22-20-21-12-16(27-20)13-5-2-1-3-6-13/h1-8,11-12H,9-10H2,(H,21,22,26). The van der Waals surface area contributed by atoms with Gasteiger partial charge in [-0.2, -0.15) is 0 Å². The first-order valence-corrected chi connectivity index (χ1v) is 9.22. The number of amides is 3. The molecule has 0 unspecified atom stereocenters. The minimum Gasteiger partial charge on any atom is -0.298 e. The lowest BCUT2D eigenvalue weighted by molar-refractivity contribution is -0.121. The number of benzene rings is 2. The van der Waals surface area contributed by atoms with Gasteiger partial charge < -0.3 is 0 Å². The summed E-state index contributed by atoms with van der Waals surface area (Å²) in [6, 6.07) is 16.3. The number of imide groups is 1. The van der Waals surface area contributed by atoms with Gasteiger partial charge in [-0.15, -0.1) is 0 Å². The van der Waals surface area contributed by atoms with E-state index in [1.807, 2.05) is 30.3 Å². The summed E-state index contributed by atoms with van der Waals surface area (Å²) < 4.78 is 0. The molecule has 1 aliphatic rings. The summed E-state index contributed by atoms with van der Waals surface area (Å²) in [5, 5.41) is 3.25. The molecule has 4 rings (SSSR count). The Kier molecular flexibility index (Phi) is 4.52. The fourth-order valence-corrected chi connectivity index (χ4v) is 3.70. The van der Waals surface area contributed by atoms with E-state index >= 15 is 0 Å². The third-order valence-electron chi connectivity index (χ3n) is 4.20. The lowest BCUT2D eigenvalue weighted by Crippen LogP contribution is -2.28.